The van der Waals surface area contributed by atoms with Gasteiger partial charge in [0.1, 0.15) is 5.82 Å². The summed E-state index contributed by atoms with van der Waals surface area (Å²) in [6.07, 6.45) is 0.747. The molecule has 0 radical (unpaired) electrons. The lowest BCUT2D eigenvalue weighted by Gasteiger charge is -2.15. The molecule has 5 heteroatoms. The molecule has 0 aliphatic carbocycles. The monoisotopic (exact) mass is 231 g/mol. The Balaban J connectivity index is 3.01. The van der Waals surface area contributed by atoms with Crippen molar-refractivity contribution in [1.29, 1.82) is 0 Å². The van der Waals surface area contributed by atoms with Gasteiger partial charge in [0.15, 0.2) is 0 Å². The van der Waals surface area contributed by atoms with Crippen LogP contribution in [0.15, 0.2) is 29.2 Å². The molecular weight excluding hydrogens is 217 g/mol. The predicted octanol–water partition coefficient (Wildman–Crippen LogP) is 1.86. The van der Waals surface area contributed by atoms with Crippen molar-refractivity contribution >= 4 is 10.0 Å². The molecule has 0 aliphatic heterocycles. The molecule has 0 bridgehead atoms. The molecule has 1 rings (SSSR count). The molecule has 0 N–H and O–H groups in total. The minimum absolute atomic E-state index is 0.125. The van der Waals surface area contributed by atoms with Crippen molar-refractivity contribution in [3.63, 3.8) is 0 Å². The molecule has 0 spiro atoms. The highest BCUT2D eigenvalue weighted by molar-refractivity contribution is 7.89. The van der Waals surface area contributed by atoms with Gasteiger partial charge in [-0.3, -0.25) is 0 Å². The lowest BCUT2D eigenvalue weighted by Crippen LogP contribution is -2.27. The fourth-order valence-electron chi connectivity index (χ4n) is 1.22. The Bertz CT molecular complexity index is 414. The maximum Gasteiger partial charge on any atom is 0.242 e. The van der Waals surface area contributed by atoms with Crippen molar-refractivity contribution in [3.05, 3.63) is 30.1 Å². The van der Waals surface area contributed by atoms with Crippen LogP contribution in [-0.4, -0.2) is 26.3 Å². The fraction of sp³-hybridized carbons (Fsp3) is 0.400. The molecule has 0 heterocycles. The molecule has 0 unspecified atom stereocenters. The van der Waals surface area contributed by atoms with Crippen LogP contribution in [-0.2, 0) is 10.0 Å². The van der Waals surface area contributed by atoms with Crippen LogP contribution in [0, 0.1) is 5.82 Å². The number of hydrogen-bond acceptors (Lipinski definition) is 2. The van der Waals surface area contributed by atoms with E-state index in [0.717, 1.165) is 18.6 Å². The Morgan fingerprint density at radius 1 is 1.27 bits per heavy atom. The van der Waals surface area contributed by atoms with E-state index in [0.29, 0.717) is 6.54 Å². The minimum Gasteiger partial charge on any atom is -0.207 e. The van der Waals surface area contributed by atoms with Gasteiger partial charge in [-0.15, -0.1) is 0 Å². The second-order valence-corrected chi connectivity index (χ2v) is 5.33. The number of benzene rings is 1. The van der Waals surface area contributed by atoms with E-state index in [4.69, 9.17) is 0 Å². The van der Waals surface area contributed by atoms with Crippen molar-refractivity contribution in [1.82, 2.24) is 4.31 Å². The van der Waals surface area contributed by atoms with Gasteiger partial charge >= 0.3 is 0 Å². The molecule has 84 valence electrons. The van der Waals surface area contributed by atoms with E-state index in [1.165, 1.54) is 23.5 Å². The third-order valence-corrected chi connectivity index (χ3v) is 3.93. The van der Waals surface area contributed by atoms with Crippen molar-refractivity contribution < 1.29 is 12.8 Å². The van der Waals surface area contributed by atoms with Gasteiger partial charge in [0.25, 0.3) is 0 Å². The summed E-state index contributed by atoms with van der Waals surface area (Å²) in [4.78, 5) is 0.125. The highest BCUT2D eigenvalue weighted by Gasteiger charge is 2.19. The lowest BCUT2D eigenvalue weighted by atomic mass is 10.4. The molecule has 0 aromatic heterocycles. The summed E-state index contributed by atoms with van der Waals surface area (Å²) in [6, 6.07) is 4.84. The molecular formula is C10H14FNO2S. The van der Waals surface area contributed by atoms with E-state index >= 15 is 0 Å². The van der Waals surface area contributed by atoms with E-state index in [-0.39, 0.29) is 4.90 Å². The predicted molar refractivity (Wildman–Crippen MR) is 56.5 cm³/mol. The first-order valence-electron chi connectivity index (χ1n) is 4.70. The van der Waals surface area contributed by atoms with Gasteiger partial charge in [0.05, 0.1) is 4.90 Å². The first-order valence-corrected chi connectivity index (χ1v) is 6.14. The maximum absolute atomic E-state index is 12.6. The Kier molecular flexibility index (Phi) is 3.82. The largest absolute Gasteiger partial charge is 0.242 e. The molecule has 0 fully saturated rings. The van der Waals surface area contributed by atoms with Gasteiger partial charge in [0.2, 0.25) is 10.0 Å². The Morgan fingerprint density at radius 2 is 1.80 bits per heavy atom. The molecule has 0 saturated heterocycles. The Hall–Kier alpha value is -0.940. The molecule has 0 amide bonds. The van der Waals surface area contributed by atoms with Gasteiger partial charge in [-0.05, 0) is 30.7 Å². The zero-order valence-corrected chi connectivity index (χ0v) is 9.59. The summed E-state index contributed by atoms with van der Waals surface area (Å²) < 4.78 is 37.6. The van der Waals surface area contributed by atoms with Gasteiger partial charge in [-0.1, -0.05) is 6.92 Å². The van der Waals surface area contributed by atoms with Crippen LogP contribution in [0.25, 0.3) is 0 Å². The van der Waals surface area contributed by atoms with Gasteiger partial charge in [-0.25, -0.2) is 17.1 Å². The molecule has 0 saturated carbocycles. The van der Waals surface area contributed by atoms with E-state index in [2.05, 4.69) is 0 Å². The lowest BCUT2D eigenvalue weighted by molar-refractivity contribution is 0.468. The van der Waals surface area contributed by atoms with Crippen LogP contribution in [0.3, 0.4) is 0 Å². The molecule has 0 aliphatic rings. The molecule has 1 aromatic rings. The zero-order chi connectivity index (χ0) is 11.5. The van der Waals surface area contributed by atoms with Crippen LogP contribution >= 0.6 is 0 Å². The van der Waals surface area contributed by atoms with Crippen molar-refractivity contribution in [2.24, 2.45) is 0 Å². The van der Waals surface area contributed by atoms with E-state index in [1.807, 2.05) is 6.92 Å². The number of halogens is 1. The maximum atomic E-state index is 12.6. The molecule has 3 nitrogen and oxygen atoms in total. The Morgan fingerprint density at radius 3 is 2.27 bits per heavy atom. The molecule has 0 atom stereocenters. The zero-order valence-electron chi connectivity index (χ0n) is 8.77. The minimum atomic E-state index is -3.45. The van der Waals surface area contributed by atoms with Crippen molar-refractivity contribution in [3.8, 4) is 0 Å². The molecule has 1 aromatic carbocycles. The summed E-state index contributed by atoms with van der Waals surface area (Å²) in [5, 5.41) is 0. The second kappa shape index (κ2) is 4.72. The highest BCUT2D eigenvalue weighted by Crippen LogP contribution is 2.14. The third-order valence-electron chi connectivity index (χ3n) is 2.06. The number of rotatable bonds is 4. The average Bonchev–Trinajstić information content (AvgIpc) is 2.18. The third kappa shape index (κ3) is 2.76. The summed E-state index contributed by atoms with van der Waals surface area (Å²) >= 11 is 0. The summed E-state index contributed by atoms with van der Waals surface area (Å²) in [5.41, 5.74) is 0. The topological polar surface area (TPSA) is 37.4 Å². The smallest absolute Gasteiger partial charge is 0.207 e. The second-order valence-electron chi connectivity index (χ2n) is 3.28. The van der Waals surface area contributed by atoms with E-state index < -0.39 is 15.8 Å². The molecule has 15 heavy (non-hydrogen) atoms. The summed E-state index contributed by atoms with van der Waals surface area (Å²) in [5.74, 6) is -0.438. The van der Waals surface area contributed by atoms with Crippen molar-refractivity contribution in [2.75, 3.05) is 13.6 Å². The first-order chi connectivity index (χ1) is 6.98. The summed E-state index contributed by atoms with van der Waals surface area (Å²) in [6.45, 7) is 2.36. The van der Waals surface area contributed by atoms with Crippen LogP contribution in [0.2, 0.25) is 0 Å². The quantitative estimate of drug-likeness (QED) is 0.793. The highest BCUT2D eigenvalue weighted by atomic mass is 32.2. The Labute approximate surface area is 89.6 Å². The number of nitrogens with zero attached hydrogens (tertiary/aromatic N) is 1. The number of hydrogen-bond donors (Lipinski definition) is 0. The SMILES string of the molecule is CCCN(C)S(=O)(=O)c1ccc(F)cc1. The van der Waals surface area contributed by atoms with Gasteiger partial charge < -0.3 is 0 Å². The number of sulfonamides is 1. The average molecular weight is 231 g/mol. The van der Waals surface area contributed by atoms with Crippen LogP contribution in [0.4, 0.5) is 4.39 Å². The van der Waals surface area contributed by atoms with E-state index in [9.17, 15) is 12.8 Å². The summed E-state index contributed by atoms with van der Waals surface area (Å²) in [7, 11) is -1.94. The van der Waals surface area contributed by atoms with Gasteiger partial charge in [-0.2, -0.15) is 0 Å². The fourth-order valence-corrected chi connectivity index (χ4v) is 2.48. The van der Waals surface area contributed by atoms with Crippen molar-refractivity contribution in [2.45, 2.75) is 18.2 Å². The van der Waals surface area contributed by atoms with Crippen LogP contribution < -0.4 is 0 Å². The standard InChI is InChI=1S/C10H14FNO2S/c1-3-8-12(2)15(13,14)10-6-4-9(11)5-7-10/h4-7H,3,8H2,1-2H3. The van der Waals surface area contributed by atoms with Crippen LogP contribution in [0.1, 0.15) is 13.3 Å². The van der Waals surface area contributed by atoms with E-state index in [1.54, 1.807) is 0 Å². The normalized spacial score (nSPS) is 12.0. The first kappa shape index (κ1) is 12.1. The van der Waals surface area contributed by atoms with Crippen LogP contribution in [0.5, 0.6) is 0 Å². The van der Waals surface area contributed by atoms with Gasteiger partial charge in [0, 0.05) is 13.6 Å².